The first kappa shape index (κ1) is 45.3. The molecule has 0 aliphatic rings. The molecule has 0 spiro atoms. The van der Waals surface area contributed by atoms with Gasteiger partial charge in [-0.2, -0.15) is 0 Å². The van der Waals surface area contributed by atoms with E-state index in [-0.39, 0.29) is 32.5 Å². The van der Waals surface area contributed by atoms with Gasteiger partial charge in [-0.05, 0) is 64.2 Å². The molecule has 0 fully saturated rings. The van der Waals surface area contributed by atoms with Gasteiger partial charge >= 0.3 is 17.9 Å². The van der Waals surface area contributed by atoms with Crippen LogP contribution in [-0.4, -0.2) is 37.2 Å². The van der Waals surface area contributed by atoms with E-state index in [1.54, 1.807) is 12.2 Å². The second-order valence-corrected chi connectivity index (χ2v) is 11.7. The fraction of sp³-hybridized carbons (Fsp3) is 0.558. The van der Waals surface area contributed by atoms with E-state index in [4.69, 9.17) is 14.2 Å². The minimum Gasteiger partial charge on any atom is -0.462 e. The summed E-state index contributed by atoms with van der Waals surface area (Å²) in [5, 5.41) is 0. The smallest absolute Gasteiger partial charge is 0.310 e. The highest BCUT2D eigenvalue weighted by Crippen LogP contribution is 2.08. The van der Waals surface area contributed by atoms with Crippen molar-refractivity contribution in [1.82, 2.24) is 0 Å². The van der Waals surface area contributed by atoms with Crippen LogP contribution in [0.3, 0.4) is 0 Å². The number of unbranched alkanes of at least 4 members (excludes halogenated alkanes) is 6. The zero-order valence-corrected chi connectivity index (χ0v) is 30.9. The zero-order chi connectivity index (χ0) is 35.9. The molecule has 0 aliphatic carbocycles. The molecule has 0 aromatic carbocycles. The second kappa shape index (κ2) is 37.2. The molecule has 1 unspecified atom stereocenters. The van der Waals surface area contributed by atoms with E-state index in [1.165, 1.54) is 38.5 Å². The van der Waals surface area contributed by atoms with E-state index in [1.807, 2.05) is 30.4 Å². The van der Waals surface area contributed by atoms with Gasteiger partial charge in [-0.25, -0.2) is 0 Å². The largest absolute Gasteiger partial charge is 0.462 e. The lowest BCUT2D eigenvalue weighted by Crippen LogP contribution is -2.30. The van der Waals surface area contributed by atoms with Gasteiger partial charge in [-0.3, -0.25) is 14.4 Å². The van der Waals surface area contributed by atoms with Crippen molar-refractivity contribution in [3.05, 3.63) is 97.2 Å². The molecule has 0 amide bonds. The van der Waals surface area contributed by atoms with Crippen LogP contribution in [0.1, 0.15) is 136 Å². The molecule has 6 heteroatoms. The Morgan fingerprint density at radius 3 is 1.43 bits per heavy atom. The van der Waals surface area contributed by atoms with Crippen LogP contribution in [0, 0.1) is 0 Å². The molecule has 0 saturated carbocycles. The summed E-state index contributed by atoms with van der Waals surface area (Å²) >= 11 is 0. The van der Waals surface area contributed by atoms with E-state index in [2.05, 4.69) is 75.5 Å². The highest BCUT2D eigenvalue weighted by atomic mass is 16.6. The second-order valence-electron chi connectivity index (χ2n) is 11.7. The van der Waals surface area contributed by atoms with Crippen LogP contribution in [0.15, 0.2) is 97.2 Å². The van der Waals surface area contributed by atoms with E-state index < -0.39 is 24.0 Å². The summed E-state index contributed by atoms with van der Waals surface area (Å²) in [6.45, 7) is 6.08. The Morgan fingerprint density at radius 1 is 0.449 bits per heavy atom. The van der Waals surface area contributed by atoms with Crippen molar-refractivity contribution in [2.45, 2.75) is 142 Å². The van der Waals surface area contributed by atoms with Gasteiger partial charge in [0.2, 0.25) is 0 Å². The summed E-state index contributed by atoms with van der Waals surface area (Å²) in [5.41, 5.74) is 0. The lowest BCUT2D eigenvalue weighted by molar-refractivity contribution is -0.165. The fourth-order valence-electron chi connectivity index (χ4n) is 4.38. The van der Waals surface area contributed by atoms with Crippen molar-refractivity contribution >= 4 is 17.9 Å². The highest BCUT2D eigenvalue weighted by Gasteiger charge is 2.18. The maximum atomic E-state index is 12.5. The molecule has 274 valence electrons. The maximum Gasteiger partial charge on any atom is 0.310 e. The number of carbonyl (C=O) groups is 3. The molecule has 6 nitrogen and oxygen atoms in total. The Balaban J connectivity index is 4.65. The lowest BCUT2D eigenvalue weighted by atomic mass is 10.1. The minimum absolute atomic E-state index is 0.0741. The Hall–Kier alpha value is -3.67. The van der Waals surface area contributed by atoms with Gasteiger partial charge in [-0.1, -0.05) is 150 Å². The number of rotatable bonds is 31. The van der Waals surface area contributed by atoms with Crippen molar-refractivity contribution in [3.63, 3.8) is 0 Å². The van der Waals surface area contributed by atoms with Crippen molar-refractivity contribution in [3.8, 4) is 0 Å². The molecule has 0 saturated heterocycles. The average molecular weight is 679 g/mol. The standard InChI is InChI=1S/C43H66O6/c1-4-7-10-13-16-19-20-21-22-25-27-30-33-36-42(45)48-39-40(49-43(46)37-34-31-28-24-18-15-12-9-6-3)38-47-41(44)35-32-29-26-23-17-14-11-8-5-2/h8-9,11-12,17-18,21-24,27,29-32,34,40H,4-7,10,13-16,19-20,25-26,28,33,35-39H2,1-3H3/b11-8-,12-9-,22-21-,23-17-,24-18-,30-27-,32-29-,34-31-. The van der Waals surface area contributed by atoms with Crippen molar-refractivity contribution < 1.29 is 28.6 Å². The molecule has 49 heavy (non-hydrogen) atoms. The molecule has 0 rings (SSSR count). The van der Waals surface area contributed by atoms with Crippen LogP contribution in [0.25, 0.3) is 0 Å². The number of ether oxygens (including phenoxy) is 3. The van der Waals surface area contributed by atoms with Gasteiger partial charge in [0, 0.05) is 6.42 Å². The van der Waals surface area contributed by atoms with E-state index >= 15 is 0 Å². The summed E-state index contributed by atoms with van der Waals surface area (Å²) in [6.07, 6.45) is 47.6. The molecule has 0 aliphatic heterocycles. The van der Waals surface area contributed by atoms with Gasteiger partial charge in [0.1, 0.15) is 13.2 Å². The Labute approximate surface area is 298 Å². The van der Waals surface area contributed by atoms with Gasteiger partial charge in [0.25, 0.3) is 0 Å². The van der Waals surface area contributed by atoms with Crippen molar-refractivity contribution in [1.29, 1.82) is 0 Å². The van der Waals surface area contributed by atoms with Crippen LogP contribution < -0.4 is 0 Å². The maximum absolute atomic E-state index is 12.5. The van der Waals surface area contributed by atoms with Crippen LogP contribution in [0.4, 0.5) is 0 Å². The number of esters is 3. The number of hydrogen-bond donors (Lipinski definition) is 0. The van der Waals surface area contributed by atoms with Crippen LogP contribution >= 0.6 is 0 Å². The molecule has 1 atom stereocenters. The SMILES string of the molecule is CC/C=C\C/C=C\C/C=C\CC(=O)OCC(COC(=O)CC/C=C\C/C=C\CCCCCCCC)OC(=O)C/C=C\C/C=C\C/C=C\CC. The monoisotopic (exact) mass is 678 g/mol. The Kier molecular flexibility index (Phi) is 34.4. The van der Waals surface area contributed by atoms with Gasteiger partial charge in [0.05, 0.1) is 12.8 Å². The third-order valence-electron chi connectivity index (χ3n) is 7.13. The average Bonchev–Trinajstić information content (AvgIpc) is 3.10. The molecule has 0 bridgehead atoms. The van der Waals surface area contributed by atoms with Crippen molar-refractivity contribution in [2.24, 2.45) is 0 Å². The third-order valence-corrected chi connectivity index (χ3v) is 7.13. The van der Waals surface area contributed by atoms with Crippen LogP contribution in [0.2, 0.25) is 0 Å². The van der Waals surface area contributed by atoms with E-state index in [9.17, 15) is 14.4 Å². The molecule has 0 aromatic heterocycles. The van der Waals surface area contributed by atoms with Gasteiger partial charge < -0.3 is 14.2 Å². The quantitative estimate of drug-likeness (QED) is 0.0314. The van der Waals surface area contributed by atoms with Gasteiger partial charge in [-0.15, -0.1) is 0 Å². The van der Waals surface area contributed by atoms with Crippen LogP contribution in [0.5, 0.6) is 0 Å². The lowest BCUT2D eigenvalue weighted by Gasteiger charge is -2.17. The summed E-state index contributed by atoms with van der Waals surface area (Å²) < 4.78 is 16.3. The first-order chi connectivity index (χ1) is 24.0. The Bertz CT molecular complexity index is 1060. The molecular weight excluding hydrogens is 612 g/mol. The molecule has 0 heterocycles. The third kappa shape index (κ3) is 35.5. The van der Waals surface area contributed by atoms with Crippen LogP contribution in [-0.2, 0) is 28.6 Å². The fourth-order valence-corrected chi connectivity index (χ4v) is 4.38. The topological polar surface area (TPSA) is 78.9 Å². The van der Waals surface area contributed by atoms with Crippen molar-refractivity contribution in [2.75, 3.05) is 13.2 Å². The highest BCUT2D eigenvalue weighted by molar-refractivity contribution is 5.72. The molecule has 0 radical (unpaired) electrons. The summed E-state index contributed by atoms with van der Waals surface area (Å²) in [7, 11) is 0. The summed E-state index contributed by atoms with van der Waals surface area (Å²) in [5.74, 6) is -1.31. The Morgan fingerprint density at radius 2 is 0.878 bits per heavy atom. The number of hydrogen-bond acceptors (Lipinski definition) is 6. The number of allylic oxidation sites excluding steroid dienone is 14. The summed E-state index contributed by atoms with van der Waals surface area (Å²) in [6, 6.07) is 0. The molecule has 0 aromatic rings. The van der Waals surface area contributed by atoms with Gasteiger partial charge in [0.15, 0.2) is 6.10 Å². The summed E-state index contributed by atoms with van der Waals surface area (Å²) in [4.78, 5) is 37.2. The molecule has 0 N–H and O–H groups in total. The first-order valence-electron chi connectivity index (χ1n) is 18.7. The molecular formula is C43H66O6. The normalized spacial score (nSPS) is 13.1. The number of carbonyl (C=O) groups excluding carboxylic acids is 3. The predicted octanol–water partition coefficient (Wildman–Crippen LogP) is 11.5. The zero-order valence-electron chi connectivity index (χ0n) is 30.9. The minimum atomic E-state index is -0.880. The van der Waals surface area contributed by atoms with E-state index in [0.29, 0.717) is 6.42 Å². The predicted molar refractivity (Wildman–Crippen MR) is 205 cm³/mol. The first-order valence-corrected chi connectivity index (χ1v) is 18.7. The van der Waals surface area contributed by atoms with E-state index in [0.717, 1.165) is 51.4 Å².